The van der Waals surface area contributed by atoms with Crippen molar-refractivity contribution in [2.75, 3.05) is 19.7 Å². The third-order valence-electron chi connectivity index (χ3n) is 3.81. The highest BCUT2D eigenvalue weighted by Gasteiger charge is 2.19. The summed E-state index contributed by atoms with van der Waals surface area (Å²) in [5, 5.41) is 9.50. The molecule has 3 nitrogen and oxygen atoms in total. The maximum Gasteiger partial charge on any atom is 0.119 e. The van der Waals surface area contributed by atoms with Crippen molar-refractivity contribution in [1.29, 1.82) is 0 Å². The Labute approximate surface area is 116 Å². The van der Waals surface area contributed by atoms with Crippen LogP contribution in [0.15, 0.2) is 24.3 Å². The summed E-state index contributed by atoms with van der Waals surface area (Å²) in [7, 11) is 0. The first kappa shape index (κ1) is 14.4. The Balaban J connectivity index is 1.78. The van der Waals surface area contributed by atoms with Crippen molar-refractivity contribution in [3.63, 3.8) is 0 Å². The summed E-state index contributed by atoms with van der Waals surface area (Å²) < 4.78 is 5.67. The molecular weight excluding hydrogens is 238 g/mol. The topological polar surface area (TPSA) is 33.9 Å². The van der Waals surface area contributed by atoms with E-state index in [0.717, 1.165) is 51.3 Å². The van der Waals surface area contributed by atoms with Gasteiger partial charge in [0.05, 0.1) is 25.8 Å². The number of hydrogen-bond acceptors (Lipinski definition) is 2. The second kappa shape index (κ2) is 7.51. The number of benzene rings is 1. The SMILES string of the molecule is CCCCOc1ccc(C[NH+]2CCC(O)CC2)cc1. The van der Waals surface area contributed by atoms with Gasteiger partial charge < -0.3 is 14.7 Å². The summed E-state index contributed by atoms with van der Waals surface area (Å²) in [4.78, 5) is 1.57. The lowest BCUT2D eigenvalue weighted by molar-refractivity contribution is -0.919. The van der Waals surface area contributed by atoms with Crippen LogP contribution >= 0.6 is 0 Å². The van der Waals surface area contributed by atoms with Gasteiger partial charge in [0.1, 0.15) is 12.3 Å². The minimum atomic E-state index is -0.0712. The summed E-state index contributed by atoms with van der Waals surface area (Å²) in [6, 6.07) is 8.48. The molecular formula is C16H26NO2+. The summed E-state index contributed by atoms with van der Waals surface area (Å²) in [5.74, 6) is 0.973. The zero-order chi connectivity index (χ0) is 13.5. The van der Waals surface area contributed by atoms with E-state index in [2.05, 4.69) is 31.2 Å². The zero-order valence-electron chi connectivity index (χ0n) is 11.9. The van der Waals surface area contributed by atoms with Crippen LogP contribution in [0.3, 0.4) is 0 Å². The van der Waals surface area contributed by atoms with Gasteiger partial charge in [-0.1, -0.05) is 13.3 Å². The van der Waals surface area contributed by atoms with Crippen molar-refractivity contribution in [3.05, 3.63) is 29.8 Å². The monoisotopic (exact) mass is 264 g/mol. The molecule has 0 aromatic heterocycles. The van der Waals surface area contributed by atoms with Crippen LogP contribution in [0.2, 0.25) is 0 Å². The molecule has 0 aliphatic carbocycles. The Kier molecular flexibility index (Phi) is 5.67. The molecule has 1 aromatic carbocycles. The van der Waals surface area contributed by atoms with Crippen molar-refractivity contribution in [2.24, 2.45) is 0 Å². The van der Waals surface area contributed by atoms with Crippen LogP contribution < -0.4 is 9.64 Å². The van der Waals surface area contributed by atoms with E-state index in [1.165, 1.54) is 12.0 Å². The molecule has 1 heterocycles. The first-order valence-corrected chi connectivity index (χ1v) is 7.51. The van der Waals surface area contributed by atoms with Gasteiger partial charge in [-0.3, -0.25) is 0 Å². The van der Waals surface area contributed by atoms with Crippen LogP contribution in [0.4, 0.5) is 0 Å². The molecule has 2 N–H and O–H groups in total. The van der Waals surface area contributed by atoms with Gasteiger partial charge in [-0.25, -0.2) is 0 Å². The Morgan fingerprint density at radius 3 is 2.53 bits per heavy atom. The average molecular weight is 264 g/mol. The smallest absolute Gasteiger partial charge is 0.119 e. The van der Waals surface area contributed by atoms with Gasteiger partial charge in [-0.2, -0.15) is 0 Å². The summed E-state index contributed by atoms with van der Waals surface area (Å²) in [6.07, 6.45) is 4.09. The van der Waals surface area contributed by atoms with E-state index in [0.29, 0.717) is 0 Å². The normalized spacial score (nSPS) is 23.3. The van der Waals surface area contributed by atoms with E-state index in [-0.39, 0.29) is 6.10 Å². The van der Waals surface area contributed by atoms with Gasteiger partial charge in [-0.15, -0.1) is 0 Å². The predicted octanol–water partition coefficient (Wildman–Crippen LogP) is 1.41. The molecule has 19 heavy (non-hydrogen) atoms. The van der Waals surface area contributed by atoms with Crippen LogP contribution in [-0.2, 0) is 6.54 Å². The highest BCUT2D eigenvalue weighted by atomic mass is 16.5. The number of hydrogen-bond donors (Lipinski definition) is 2. The highest BCUT2D eigenvalue weighted by molar-refractivity contribution is 5.26. The Morgan fingerprint density at radius 2 is 1.89 bits per heavy atom. The van der Waals surface area contributed by atoms with Crippen LogP contribution in [-0.4, -0.2) is 30.9 Å². The lowest BCUT2D eigenvalue weighted by Crippen LogP contribution is -3.12. The van der Waals surface area contributed by atoms with Gasteiger partial charge in [0.2, 0.25) is 0 Å². The third kappa shape index (κ3) is 4.84. The van der Waals surface area contributed by atoms with E-state index in [1.807, 2.05) is 0 Å². The number of piperidine rings is 1. The number of aliphatic hydroxyl groups is 1. The second-order valence-corrected chi connectivity index (χ2v) is 5.50. The molecule has 0 amide bonds. The molecule has 1 aliphatic heterocycles. The lowest BCUT2D eigenvalue weighted by atomic mass is 10.1. The van der Waals surface area contributed by atoms with Crippen LogP contribution in [0.25, 0.3) is 0 Å². The van der Waals surface area contributed by atoms with Gasteiger partial charge in [0.25, 0.3) is 0 Å². The quantitative estimate of drug-likeness (QED) is 0.762. The molecule has 3 heteroatoms. The van der Waals surface area contributed by atoms with Crippen molar-refractivity contribution in [2.45, 2.75) is 45.3 Å². The molecule has 0 unspecified atom stereocenters. The molecule has 1 fully saturated rings. The molecule has 0 atom stereocenters. The van der Waals surface area contributed by atoms with E-state index in [9.17, 15) is 5.11 Å². The maximum absolute atomic E-state index is 9.50. The summed E-state index contributed by atoms with van der Waals surface area (Å²) in [5.41, 5.74) is 1.36. The van der Waals surface area contributed by atoms with Gasteiger partial charge in [0, 0.05) is 18.4 Å². The number of aliphatic hydroxyl groups excluding tert-OH is 1. The number of rotatable bonds is 6. The average Bonchev–Trinajstić information content (AvgIpc) is 2.44. The second-order valence-electron chi connectivity index (χ2n) is 5.50. The molecule has 106 valence electrons. The van der Waals surface area contributed by atoms with Crippen LogP contribution in [0.5, 0.6) is 5.75 Å². The fourth-order valence-electron chi connectivity index (χ4n) is 2.51. The standard InChI is InChI=1S/C16H25NO2/c1-2-3-12-19-16-6-4-14(5-7-16)13-17-10-8-15(18)9-11-17/h4-7,15,18H,2-3,8-13H2,1H3/p+1. The fraction of sp³-hybridized carbons (Fsp3) is 0.625. The van der Waals surface area contributed by atoms with Gasteiger partial charge >= 0.3 is 0 Å². The number of likely N-dealkylation sites (tertiary alicyclic amines) is 1. The van der Waals surface area contributed by atoms with Crippen molar-refractivity contribution in [3.8, 4) is 5.75 Å². The molecule has 1 saturated heterocycles. The zero-order valence-corrected chi connectivity index (χ0v) is 11.9. The summed E-state index contributed by atoms with van der Waals surface area (Å²) in [6.45, 7) is 6.20. The third-order valence-corrected chi connectivity index (χ3v) is 3.81. The van der Waals surface area contributed by atoms with Gasteiger partial charge in [-0.05, 0) is 30.7 Å². The Morgan fingerprint density at radius 1 is 1.21 bits per heavy atom. The van der Waals surface area contributed by atoms with E-state index in [4.69, 9.17) is 4.74 Å². The maximum atomic E-state index is 9.50. The number of unbranched alkanes of at least 4 members (excludes halogenated alkanes) is 1. The lowest BCUT2D eigenvalue weighted by Gasteiger charge is -2.26. The van der Waals surface area contributed by atoms with Crippen molar-refractivity contribution < 1.29 is 14.7 Å². The first-order valence-electron chi connectivity index (χ1n) is 7.51. The summed E-state index contributed by atoms with van der Waals surface area (Å²) >= 11 is 0. The molecule has 0 saturated carbocycles. The minimum Gasteiger partial charge on any atom is -0.494 e. The Hall–Kier alpha value is -1.06. The van der Waals surface area contributed by atoms with E-state index < -0.39 is 0 Å². The number of ether oxygens (including phenoxy) is 1. The minimum absolute atomic E-state index is 0.0712. The fourth-order valence-corrected chi connectivity index (χ4v) is 2.51. The molecule has 0 bridgehead atoms. The molecule has 2 rings (SSSR count). The van der Waals surface area contributed by atoms with Crippen LogP contribution in [0, 0.1) is 0 Å². The Bertz CT molecular complexity index is 356. The molecule has 1 aromatic rings. The van der Waals surface area contributed by atoms with Crippen molar-refractivity contribution in [1.82, 2.24) is 0 Å². The highest BCUT2D eigenvalue weighted by Crippen LogP contribution is 2.12. The number of nitrogens with one attached hydrogen (secondary N) is 1. The predicted molar refractivity (Wildman–Crippen MR) is 76.5 cm³/mol. The van der Waals surface area contributed by atoms with E-state index in [1.54, 1.807) is 4.90 Å². The molecule has 0 spiro atoms. The molecule has 0 radical (unpaired) electrons. The van der Waals surface area contributed by atoms with Gasteiger partial charge in [0.15, 0.2) is 0 Å². The van der Waals surface area contributed by atoms with E-state index >= 15 is 0 Å². The van der Waals surface area contributed by atoms with Crippen molar-refractivity contribution >= 4 is 0 Å². The first-order chi connectivity index (χ1) is 9.28. The largest absolute Gasteiger partial charge is 0.494 e. The number of quaternary nitrogens is 1. The molecule has 1 aliphatic rings. The van der Waals surface area contributed by atoms with Crippen LogP contribution in [0.1, 0.15) is 38.2 Å².